The van der Waals surface area contributed by atoms with Crippen LogP contribution in [0.25, 0.3) is 5.69 Å². The molecule has 204 valence electrons. The normalized spacial score (nSPS) is 14.4. The minimum atomic E-state index is -4.70. The van der Waals surface area contributed by atoms with Gasteiger partial charge in [0.25, 0.3) is 5.91 Å². The van der Waals surface area contributed by atoms with E-state index in [1.54, 1.807) is 37.4 Å². The van der Waals surface area contributed by atoms with Gasteiger partial charge >= 0.3 is 6.18 Å². The minimum Gasteiger partial charge on any atom is -0.357 e. The summed E-state index contributed by atoms with van der Waals surface area (Å²) >= 11 is 0. The third kappa shape index (κ3) is 5.93. The fraction of sp³-hybridized carbons (Fsp3) is 0.333. The van der Waals surface area contributed by atoms with E-state index in [-0.39, 0.29) is 18.2 Å². The number of hydrogen-bond donors (Lipinski definition) is 1. The van der Waals surface area contributed by atoms with Crippen molar-refractivity contribution < 1.29 is 18.0 Å². The maximum absolute atomic E-state index is 13.7. The van der Waals surface area contributed by atoms with Crippen molar-refractivity contribution in [2.75, 3.05) is 11.9 Å². The van der Waals surface area contributed by atoms with Crippen molar-refractivity contribution in [1.82, 2.24) is 14.3 Å². The van der Waals surface area contributed by atoms with Gasteiger partial charge in [-0.05, 0) is 65.8 Å². The molecule has 6 nitrogen and oxygen atoms in total. The van der Waals surface area contributed by atoms with Crippen LogP contribution in [-0.4, -0.2) is 27.3 Å². The fourth-order valence-corrected chi connectivity index (χ4v) is 4.99. The summed E-state index contributed by atoms with van der Waals surface area (Å²) in [5.41, 5.74) is 8.34. The SMILES string of the molecule is CN(C(=O)c1cc(C(F)(F)F)nn1-c1cccc(CN)c1)c1cccc(C(CCC2CC2)c2ccn(C)c2)c1. The molecule has 2 N–H and O–H groups in total. The first kappa shape index (κ1) is 26.7. The van der Waals surface area contributed by atoms with Crippen LogP contribution in [0.1, 0.15) is 64.5 Å². The molecule has 4 aromatic rings. The Balaban J connectivity index is 1.49. The van der Waals surface area contributed by atoms with Crippen LogP contribution in [0.3, 0.4) is 0 Å². The number of carbonyl (C=O) groups is 1. The van der Waals surface area contributed by atoms with Crippen LogP contribution >= 0.6 is 0 Å². The highest BCUT2D eigenvalue weighted by molar-refractivity contribution is 6.05. The Bertz CT molecular complexity index is 1470. The third-order valence-electron chi connectivity index (χ3n) is 7.39. The number of halogens is 3. The molecular weight excluding hydrogens is 503 g/mol. The summed E-state index contributed by atoms with van der Waals surface area (Å²) in [5, 5.41) is 3.76. The number of amides is 1. The molecule has 1 amide bonds. The first-order chi connectivity index (χ1) is 18.6. The molecule has 5 rings (SSSR count). The zero-order chi connectivity index (χ0) is 27.7. The molecule has 39 heavy (non-hydrogen) atoms. The van der Waals surface area contributed by atoms with Gasteiger partial charge in [0.15, 0.2) is 5.69 Å². The second-order valence-corrected chi connectivity index (χ2v) is 10.3. The second kappa shape index (κ2) is 10.7. The summed E-state index contributed by atoms with van der Waals surface area (Å²) in [6.07, 6.45) is 4.13. The van der Waals surface area contributed by atoms with Crippen molar-refractivity contribution in [3.05, 3.63) is 101 Å². The average molecular weight is 536 g/mol. The van der Waals surface area contributed by atoms with E-state index < -0.39 is 17.8 Å². The Labute approximate surface area is 225 Å². The molecule has 1 aliphatic carbocycles. The number of benzene rings is 2. The maximum Gasteiger partial charge on any atom is 0.435 e. The number of hydrogen-bond acceptors (Lipinski definition) is 3. The molecule has 0 spiro atoms. The lowest BCUT2D eigenvalue weighted by Gasteiger charge is -2.22. The molecule has 0 bridgehead atoms. The van der Waals surface area contributed by atoms with Gasteiger partial charge < -0.3 is 15.2 Å². The summed E-state index contributed by atoms with van der Waals surface area (Å²) in [6, 6.07) is 17.3. The van der Waals surface area contributed by atoms with Gasteiger partial charge in [-0.2, -0.15) is 18.3 Å². The minimum absolute atomic E-state index is 0.164. The van der Waals surface area contributed by atoms with Gasteiger partial charge in [-0.25, -0.2) is 4.68 Å². The molecule has 2 aromatic heterocycles. The zero-order valence-electron chi connectivity index (χ0n) is 22.0. The quantitative estimate of drug-likeness (QED) is 0.274. The van der Waals surface area contributed by atoms with Crippen LogP contribution in [0.4, 0.5) is 18.9 Å². The molecule has 1 fully saturated rings. The maximum atomic E-state index is 13.7. The largest absolute Gasteiger partial charge is 0.435 e. The summed E-state index contributed by atoms with van der Waals surface area (Å²) in [6.45, 7) is 0.209. The van der Waals surface area contributed by atoms with Crippen molar-refractivity contribution >= 4 is 11.6 Å². The van der Waals surface area contributed by atoms with Crippen LogP contribution in [0, 0.1) is 5.92 Å². The molecule has 1 atom stereocenters. The van der Waals surface area contributed by atoms with Crippen LogP contribution in [0.5, 0.6) is 0 Å². The van der Waals surface area contributed by atoms with E-state index in [0.717, 1.165) is 35.1 Å². The molecule has 0 radical (unpaired) electrons. The standard InChI is InChI=1S/C30H32F3N5O/c1-36-14-13-23(19-36)26(12-11-20-9-10-20)22-6-4-7-24(16-22)37(2)29(39)27-17-28(30(31,32)33)35-38(27)25-8-3-5-21(15-25)18-34/h3-8,13-17,19-20,26H,9-12,18,34H2,1-2H3. The Morgan fingerprint density at radius 2 is 1.87 bits per heavy atom. The number of nitrogens with two attached hydrogens (primary N) is 1. The lowest BCUT2D eigenvalue weighted by molar-refractivity contribution is -0.141. The number of aromatic nitrogens is 3. The van der Waals surface area contributed by atoms with Gasteiger partial charge in [0.05, 0.1) is 5.69 Å². The number of alkyl halides is 3. The van der Waals surface area contributed by atoms with Gasteiger partial charge in [0.2, 0.25) is 0 Å². The zero-order valence-corrected chi connectivity index (χ0v) is 22.0. The number of rotatable bonds is 9. The number of anilines is 1. The molecule has 9 heteroatoms. The van der Waals surface area contributed by atoms with Crippen LogP contribution in [-0.2, 0) is 19.8 Å². The highest BCUT2D eigenvalue weighted by Gasteiger charge is 2.37. The van der Waals surface area contributed by atoms with E-state index in [2.05, 4.69) is 23.4 Å². The molecule has 0 aliphatic heterocycles. The highest BCUT2D eigenvalue weighted by atomic mass is 19.4. The van der Waals surface area contributed by atoms with Crippen molar-refractivity contribution in [1.29, 1.82) is 0 Å². The number of nitrogens with zero attached hydrogens (tertiary/aromatic N) is 4. The van der Waals surface area contributed by atoms with Crippen LogP contribution in [0.15, 0.2) is 73.1 Å². The van der Waals surface area contributed by atoms with Gasteiger partial charge in [-0.15, -0.1) is 0 Å². The Morgan fingerprint density at radius 3 is 2.54 bits per heavy atom. The molecular formula is C30H32F3N5O. The molecule has 2 aromatic carbocycles. The van der Waals surface area contributed by atoms with E-state index in [4.69, 9.17) is 5.73 Å². The van der Waals surface area contributed by atoms with Gasteiger partial charge in [-0.3, -0.25) is 4.79 Å². The van der Waals surface area contributed by atoms with Gasteiger partial charge in [0.1, 0.15) is 5.69 Å². The van der Waals surface area contributed by atoms with Crippen molar-refractivity contribution in [2.45, 2.75) is 44.3 Å². The van der Waals surface area contributed by atoms with E-state index in [1.807, 2.05) is 29.9 Å². The summed E-state index contributed by atoms with van der Waals surface area (Å²) < 4.78 is 44.0. The van der Waals surface area contributed by atoms with Crippen molar-refractivity contribution in [3.8, 4) is 5.69 Å². The van der Waals surface area contributed by atoms with Crippen LogP contribution < -0.4 is 10.6 Å². The summed E-state index contributed by atoms with van der Waals surface area (Å²) in [4.78, 5) is 15.1. The fourth-order valence-electron chi connectivity index (χ4n) is 4.99. The number of carbonyl (C=O) groups excluding carboxylic acids is 1. The highest BCUT2D eigenvalue weighted by Crippen LogP contribution is 2.39. The first-order valence-electron chi connectivity index (χ1n) is 13.1. The lowest BCUT2D eigenvalue weighted by Crippen LogP contribution is -2.28. The molecule has 1 unspecified atom stereocenters. The topological polar surface area (TPSA) is 69.1 Å². The molecule has 0 saturated heterocycles. The molecule has 1 aliphatic rings. The predicted octanol–water partition coefficient (Wildman–Crippen LogP) is 6.29. The van der Waals surface area contributed by atoms with E-state index in [0.29, 0.717) is 16.9 Å². The lowest BCUT2D eigenvalue weighted by atomic mass is 9.88. The van der Waals surface area contributed by atoms with Gasteiger partial charge in [0, 0.05) is 50.7 Å². The third-order valence-corrected chi connectivity index (χ3v) is 7.39. The van der Waals surface area contributed by atoms with Crippen molar-refractivity contribution in [3.63, 3.8) is 0 Å². The first-order valence-corrected chi connectivity index (χ1v) is 13.1. The van der Waals surface area contributed by atoms with Gasteiger partial charge in [-0.1, -0.05) is 37.1 Å². The molecule has 2 heterocycles. The summed E-state index contributed by atoms with van der Waals surface area (Å²) in [7, 11) is 3.57. The Kier molecular flexibility index (Phi) is 7.36. The average Bonchev–Trinajstić information content (AvgIpc) is 3.47. The van der Waals surface area contributed by atoms with E-state index >= 15 is 0 Å². The summed E-state index contributed by atoms with van der Waals surface area (Å²) in [5.74, 6) is 0.351. The van der Waals surface area contributed by atoms with E-state index in [9.17, 15) is 18.0 Å². The van der Waals surface area contributed by atoms with Crippen molar-refractivity contribution in [2.24, 2.45) is 18.7 Å². The smallest absolute Gasteiger partial charge is 0.357 e. The number of aryl methyl sites for hydroxylation is 1. The monoisotopic (exact) mass is 535 g/mol. The predicted molar refractivity (Wildman–Crippen MR) is 145 cm³/mol. The Morgan fingerprint density at radius 1 is 1.10 bits per heavy atom. The second-order valence-electron chi connectivity index (χ2n) is 10.3. The molecule has 1 saturated carbocycles. The van der Waals surface area contributed by atoms with E-state index in [1.165, 1.54) is 23.3 Å². The Hall–Kier alpha value is -3.85. The van der Waals surface area contributed by atoms with Crippen LogP contribution in [0.2, 0.25) is 0 Å².